The summed E-state index contributed by atoms with van der Waals surface area (Å²) in [7, 11) is 1.58. The van der Waals surface area contributed by atoms with Crippen LogP contribution in [-0.2, 0) is 0 Å². The molecule has 1 aromatic heterocycles. The van der Waals surface area contributed by atoms with Gasteiger partial charge in [-0.3, -0.25) is 9.78 Å². The summed E-state index contributed by atoms with van der Waals surface area (Å²) in [6.45, 7) is 0. The lowest BCUT2D eigenvalue weighted by atomic mass is 10.1. The number of anilines is 1. The van der Waals surface area contributed by atoms with Gasteiger partial charge in [0.15, 0.2) is 0 Å². The molecule has 0 fully saturated rings. The number of hydrogen-bond acceptors (Lipinski definition) is 4. The summed E-state index contributed by atoms with van der Waals surface area (Å²) in [6.07, 6.45) is 1.56. The minimum absolute atomic E-state index is 0.0801. The molecule has 5 nitrogen and oxygen atoms in total. The van der Waals surface area contributed by atoms with E-state index in [9.17, 15) is 9.90 Å². The summed E-state index contributed by atoms with van der Waals surface area (Å²) in [5, 5.41) is 13.7. The van der Waals surface area contributed by atoms with Crippen molar-refractivity contribution < 1.29 is 14.6 Å². The Kier molecular flexibility index (Phi) is 4.16. The zero-order valence-corrected chi connectivity index (χ0v) is 13.8. The first-order valence-electron chi connectivity index (χ1n) is 6.81. The number of pyridine rings is 1. The van der Waals surface area contributed by atoms with Crippen molar-refractivity contribution in [2.24, 2.45) is 0 Å². The number of hydrogen-bond donors (Lipinski definition) is 2. The Balaban J connectivity index is 2.07. The van der Waals surface area contributed by atoms with E-state index in [1.165, 1.54) is 12.1 Å². The number of phenolic OH excluding ortho intramolecular Hbond substituents is 1. The number of carbonyl (C=O) groups excluding carboxylic acids is 1. The van der Waals surface area contributed by atoms with Crippen LogP contribution in [0.25, 0.3) is 10.8 Å². The fourth-order valence-electron chi connectivity index (χ4n) is 2.35. The standard InChI is InChI=1S/C17H13BrN2O3/c1-23-14-6-5-13(18)15-12(14)7-8-19-16(15)17(22)20-10-3-2-4-11(21)9-10/h2-9,21H,1H3,(H,20,22). The second kappa shape index (κ2) is 6.26. The van der Waals surface area contributed by atoms with E-state index in [-0.39, 0.29) is 17.4 Å². The molecular formula is C17H13BrN2O3. The van der Waals surface area contributed by atoms with Gasteiger partial charge in [0.05, 0.1) is 7.11 Å². The van der Waals surface area contributed by atoms with Gasteiger partial charge in [0.25, 0.3) is 5.91 Å². The van der Waals surface area contributed by atoms with Crippen LogP contribution in [0.15, 0.2) is 53.1 Å². The molecule has 23 heavy (non-hydrogen) atoms. The van der Waals surface area contributed by atoms with E-state index in [1.807, 2.05) is 12.1 Å². The number of nitrogens with one attached hydrogen (secondary N) is 1. The van der Waals surface area contributed by atoms with E-state index in [4.69, 9.17) is 4.74 Å². The van der Waals surface area contributed by atoms with Crippen molar-refractivity contribution in [2.75, 3.05) is 12.4 Å². The van der Waals surface area contributed by atoms with Gasteiger partial charge in [-0.2, -0.15) is 0 Å². The van der Waals surface area contributed by atoms with E-state index in [2.05, 4.69) is 26.2 Å². The van der Waals surface area contributed by atoms with E-state index in [0.717, 1.165) is 9.86 Å². The molecule has 0 atom stereocenters. The SMILES string of the molecule is COc1ccc(Br)c2c(C(=O)Nc3cccc(O)c3)nccc12. The monoisotopic (exact) mass is 372 g/mol. The molecule has 0 bridgehead atoms. The molecule has 0 saturated heterocycles. The highest BCUT2D eigenvalue weighted by molar-refractivity contribution is 9.10. The van der Waals surface area contributed by atoms with Gasteiger partial charge in [-0.1, -0.05) is 22.0 Å². The molecule has 0 aliphatic carbocycles. The number of methoxy groups -OCH3 is 1. The van der Waals surface area contributed by atoms with Crippen LogP contribution in [-0.4, -0.2) is 23.1 Å². The number of phenols is 1. The lowest BCUT2D eigenvalue weighted by Gasteiger charge is -2.11. The molecule has 0 radical (unpaired) electrons. The van der Waals surface area contributed by atoms with Crippen LogP contribution in [0, 0.1) is 0 Å². The highest BCUT2D eigenvalue weighted by atomic mass is 79.9. The minimum Gasteiger partial charge on any atom is -0.508 e. The number of rotatable bonds is 3. The molecule has 0 spiro atoms. The van der Waals surface area contributed by atoms with E-state index < -0.39 is 0 Å². The van der Waals surface area contributed by atoms with Crippen LogP contribution < -0.4 is 10.1 Å². The zero-order chi connectivity index (χ0) is 16.4. The molecule has 2 aromatic carbocycles. The predicted octanol–water partition coefficient (Wildman–Crippen LogP) is 3.96. The largest absolute Gasteiger partial charge is 0.508 e. The fraction of sp³-hybridized carbons (Fsp3) is 0.0588. The lowest BCUT2D eigenvalue weighted by Crippen LogP contribution is -2.14. The first kappa shape index (κ1) is 15.3. The number of aromatic hydroxyl groups is 1. The summed E-state index contributed by atoms with van der Waals surface area (Å²) in [4.78, 5) is 16.8. The Morgan fingerprint density at radius 2 is 2.09 bits per heavy atom. The van der Waals surface area contributed by atoms with Crippen molar-refractivity contribution in [1.82, 2.24) is 4.98 Å². The Morgan fingerprint density at radius 1 is 1.26 bits per heavy atom. The number of halogens is 1. The number of carbonyl (C=O) groups is 1. The molecule has 0 aliphatic rings. The third-order valence-electron chi connectivity index (χ3n) is 3.38. The van der Waals surface area contributed by atoms with Gasteiger partial charge in [-0.05, 0) is 30.3 Å². The van der Waals surface area contributed by atoms with Gasteiger partial charge in [-0.25, -0.2) is 0 Å². The van der Waals surface area contributed by atoms with Crippen molar-refractivity contribution >= 4 is 38.3 Å². The van der Waals surface area contributed by atoms with Crippen LogP contribution in [0.3, 0.4) is 0 Å². The molecule has 0 aliphatic heterocycles. The Hall–Kier alpha value is -2.60. The molecular weight excluding hydrogens is 360 g/mol. The quantitative estimate of drug-likeness (QED) is 0.729. The number of benzene rings is 2. The highest BCUT2D eigenvalue weighted by Gasteiger charge is 2.16. The Bertz CT molecular complexity index is 896. The normalized spacial score (nSPS) is 10.5. The van der Waals surface area contributed by atoms with E-state index in [1.54, 1.807) is 31.5 Å². The third-order valence-corrected chi connectivity index (χ3v) is 4.04. The van der Waals surface area contributed by atoms with Crippen LogP contribution >= 0.6 is 15.9 Å². The minimum atomic E-state index is -0.366. The molecule has 0 unspecified atom stereocenters. The van der Waals surface area contributed by atoms with Crippen LogP contribution in [0.4, 0.5) is 5.69 Å². The molecule has 3 aromatic rings. The number of fused-ring (bicyclic) bond motifs is 1. The first-order valence-corrected chi connectivity index (χ1v) is 7.61. The molecule has 3 rings (SSSR count). The van der Waals surface area contributed by atoms with Gasteiger partial charge in [0.2, 0.25) is 0 Å². The lowest BCUT2D eigenvalue weighted by molar-refractivity contribution is 0.102. The fourth-order valence-corrected chi connectivity index (χ4v) is 2.89. The summed E-state index contributed by atoms with van der Waals surface area (Å²) in [6, 6.07) is 11.8. The Morgan fingerprint density at radius 3 is 2.83 bits per heavy atom. The van der Waals surface area contributed by atoms with Crippen molar-refractivity contribution in [1.29, 1.82) is 0 Å². The summed E-state index contributed by atoms with van der Waals surface area (Å²) in [5.74, 6) is 0.378. The van der Waals surface area contributed by atoms with Crippen LogP contribution in [0.1, 0.15) is 10.5 Å². The smallest absolute Gasteiger partial charge is 0.274 e. The maximum Gasteiger partial charge on any atom is 0.274 e. The van der Waals surface area contributed by atoms with Crippen molar-refractivity contribution in [3.63, 3.8) is 0 Å². The molecule has 116 valence electrons. The molecule has 2 N–H and O–H groups in total. The van der Waals surface area contributed by atoms with Crippen molar-refractivity contribution in [2.45, 2.75) is 0 Å². The van der Waals surface area contributed by atoms with Crippen LogP contribution in [0.5, 0.6) is 11.5 Å². The summed E-state index contributed by atoms with van der Waals surface area (Å²) >= 11 is 3.46. The topological polar surface area (TPSA) is 71.5 Å². The average molecular weight is 373 g/mol. The number of aromatic nitrogens is 1. The number of ether oxygens (including phenoxy) is 1. The van der Waals surface area contributed by atoms with Gasteiger partial charge >= 0.3 is 0 Å². The molecule has 6 heteroatoms. The summed E-state index contributed by atoms with van der Waals surface area (Å²) in [5.41, 5.74) is 0.768. The second-order valence-corrected chi connectivity index (χ2v) is 5.69. The van der Waals surface area contributed by atoms with Crippen molar-refractivity contribution in [3.8, 4) is 11.5 Å². The Labute approximate surface area is 141 Å². The number of amides is 1. The van der Waals surface area contributed by atoms with Crippen LogP contribution in [0.2, 0.25) is 0 Å². The van der Waals surface area contributed by atoms with Crippen molar-refractivity contribution in [3.05, 3.63) is 58.8 Å². The first-order chi connectivity index (χ1) is 11.1. The van der Waals surface area contributed by atoms with E-state index >= 15 is 0 Å². The van der Waals surface area contributed by atoms with Gasteiger partial charge in [0, 0.05) is 33.2 Å². The maximum atomic E-state index is 12.6. The van der Waals surface area contributed by atoms with Gasteiger partial charge in [-0.15, -0.1) is 0 Å². The molecule has 1 heterocycles. The second-order valence-electron chi connectivity index (χ2n) is 4.84. The highest BCUT2D eigenvalue weighted by Crippen LogP contribution is 2.33. The molecule has 0 saturated carbocycles. The zero-order valence-electron chi connectivity index (χ0n) is 12.2. The van der Waals surface area contributed by atoms with E-state index in [0.29, 0.717) is 16.8 Å². The maximum absolute atomic E-state index is 12.6. The summed E-state index contributed by atoms with van der Waals surface area (Å²) < 4.78 is 6.09. The number of nitrogens with zero attached hydrogens (tertiary/aromatic N) is 1. The van der Waals surface area contributed by atoms with Gasteiger partial charge in [0.1, 0.15) is 17.2 Å². The molecule has 1 amide bonds. The predicted molar refractivity (Wildman–Crippen MR) is 92.1 cm³/mol. The third kappa shape index (κ3) is 2.98. The average Bonchev–Trinajstić information content (AvgIpc) is 2.55. The van der Waals surface area contributed by atoms with Gasteiger partial charge < -0.3 is 15.2 Å².